The Hall–Kier alpha value is -3.42. The van der Waals surface area contributed by atoms with Crippen molar-refractivity contribution in [3.63, 3.8) is 0 Å². The molecular formula is C21H24N6O2. The van der Waals surface area contributed by atoms with Gasteiger partial charge >= 0.3 is 0 Å². The average molecular weight is 392 g/mol. The highest BCUT2D eigenvalue weighted by Crippen LogP contribution is 2.19. The van der Waals surface area contributed by atoms with Crippen LogP contribution in [0.25, 0.3) is 11.9 Å². The molecule has 0 radical (unpaired) electrons. The van der Waals surface area contributed by atoms with E-state index in [0.29, 0.717) is 37.8 Å². The van der Waals surface area contributed by atoms with E-state index in [2.05, 4.69) is 20.0 Å². The predicted molar refractivity (Wildman–Crippen MR) is 110 cm³/mol. The lowest BCUT2D eigenvalue weighted by Gasteiger charge is -2.35. The number of carbonyl (C=O) groups is 1. The van der Waals surface area contributed by atoms with Gasteiger partial charge in [0, 0.05) is 44.0 Å². The molecule has 1 aliphatic heterocycles. The lowest BCUT2D eigenvalue weighted by molar-refractivity contribution is -0.126. The molecule has 1 amide bonds. The minimum atomic E-state index is -0.0109. The van der Waals surface area contributed by atoms with E-state index < -0.39 is 0 Å². The van der Waals surface area contributed by atoms with Gasteiger partial charge in [0.15, 0.2) is 5.82 Å². The predicted octanol–water partition coefficient (Wildman–Crippen LogP) is 2.54. The van der Waals surface area contributed by atoms with E-state index in [1.54, 1.807) is 24.5 Å². The molecule has 0 N–H and O–H groups in total. The normalized spacial score (nSPS) is 14.7. The van der Waals surface area contributed by atoms with Crippen LogP contribution in [0.15, 0.2) is 41.0 Å². The van der Waals surface area contributed by atoms with Gasteiger partial charge in [0.05, 0.1) is 12.0 Å². The topological polar surface area (TPSA) is 80.3 Å². The van der Waals surface area contributed by atoms with E-state index in [4.69, 9.17) is 4.42 Å². The maximum atomic E-state index is 12.4. The van der Waals surface area contributed by atoms with Gasteiger partial charge in [-0.2, -0.15) is 5.10 Å². The van der Waals surface area contributed by atoms with E-state index in [9.17, 15) is 4.79 Å². The minimum absolute atomic E-state index is 0.0109. The van der Waals surface area contributed by atoms with Crippen LogP contribution in [0.2, 0.25) is 0 Å². The highest BCUT2D eigenvalue weighted by atomic mass is 16.3. The third-order valence-corrected chi connectivity index (χ3v) is 4.89. The van der Waals surface area contributed by atoms with Gasteiger partial charge in [-0.3, -0.25) is 4.79 Å². The van der Waals surface area contributed by atoms with E-state index in [1.807, 2.05) is 48.6 Å². The molecule has 3 aromatic heterocycles. The van der Waals surface area contributed by atoms with E-state index >= 15 is 0 Å². The van der Waals surface area contributed by atoms with Gasteiger partial charge in [0.1, 0.15) is 17.4 Å². The number of anilines is 1. The Morgan fingerprint density at radius 2 is 1.83 bits per heavy atom. The van der Waals surface area contributed by atoms with Gasteiger partial charge in [-0.15, -0.1) is 0 Å². The number of aryl methyl sites for hydroxylation is 3. The van der Waals surface area contributed by atoms with Crippen LogP contribution in [0.4, 0.5) is 5.82 Å². The number of nitrogens with zero attached hydrogens (tertiary/aromatic N) is 6. The van der Waals surface area contributed by atoms with E-state index in [0.717, 1.165) is 23.0 Å². The van der Waals surface area contributed by atoms with Gasteiger partial charge in [0.2, 0.25) is 5.91 Å². The number of amides is 1. The fourth-order valence-electron chi connectivity index (χ4n) is 3.47. The summed E-state index contributed by atoms with van der Waals surface area (Å²) < 4.78 is 7.07. The van der Waals surface area contributed by atoms with Gasteiger partial charge in [-0.1, -0.05) is 0 Å². The summed E-state index contributed by atoms with van der Waals surface area (Å²) in [5.74, 6) is 2.98. The van der Waals surface area contributed by atoms with Crippen molar-refractivity contribution in [2.45, 2.75) is 20.8 Å². The maximum absolute atomic E-state index is 12.4. The van der Waals surface area contributed by atoms with Crippen molar-refractivity contribution < 1.29 is 9.21 Å². The SMILES string of the molecule is Cc1cc(C)n(-c2cc(N3CCN(C(=O)/C=C/c4ccco4)CC3)nc(C)n2)n1. The van der Waals surface area contributed by atoms with Gasteiger partial charge < -0.3 is 14.2 Å². The van der Waals surface area contributed by atoms with Crippen molar-refractivity contribution in [1.82, 2.24) is 24.6 Å². The first kappa shape index (κ1) is 18.9. The fraction of sp³-hybridized carbons (Fsp3) is 0.333. The van der Waals surface area contributed by atoms with Crippen LogP contribution >= 0.6 is 0 Å². The van der Waals surface area contributed by atoms with Gasteiger partial charge in [-0.25, -0.2) is 14.6 Å². The molecule has 8 nitrogen and oxygen atoms in total. The van der Waals surface area contributed by atoms with Gasteiger partial charge in [0.25, 0.3) is 0 Å². The molecule has 0 bridgehead atoms. The third-order valence-electron chi connectivity index (χ3n) is 4.89. The zero-order valence-corrected chi connectivity index (χ0v) is 16.9. The Kier molecular flexibility index (Phi) is 5.16. The number of carbonyl (C=O) groups excluding carboxylic acids is 1. The first-order chi connectivity index (χ1) is 14.0. The summed E-state index contributed by atoms with van der Waals surface area (Å²) in [4.78, 5) is 25.6. The molecule has 0 saturated carbocycles. The van der Waals surface area contributed by atoms with Crippen molar-refractivity contribution in [2.75, 3.05) is 31.1 Å². The third kappa shape index (κ3) is 4.21. The van der Waals surface area contributed by atoms with Gasteiger partial charge in [-0.05, 0) is 45.0 Å². The van der Waals surface area contributed by atoms with Crippen LogP contribution in [0, 0.1) is 20.8 Å². The number of aromatic nitrogens is 4. The first-order valence-corrected chi connectivity index (χ1v) is 9.64. The molecule has 29 heavy (non-hydrogen) atoms. The molecule has 3 aromatic rings. The Bertz CT molecular complexity index is 1030. The quantitative estimate of drug-likeness (QED) is 0.635. The summed E-state index contributed by atoms with van der Waals surface area (Å²) in [6, 6.07) is 7.60. The molecule has 4 heterocycles. The monoisotopic (exact) mass is 392 g/mol. The van der Waals surface area contributed by atoms with Crippen LogP contribution < -0.4 is 4.90 Å². The van der Waals surface area contributed by atoms with Crippen molar-refractivity contribution in [1.29, 1.82) is 0 Å². The second kappa shape index (κ2) is 7.90. The molecule has 4 rings (SSSR count). The summed E-state index contributed by atoms with van der Waals surface area (Å²) in [5.41, 5.74) is 1.99. The highest BCUT2D eigenvalue weighted by Gasteiger charge is 2.22. The zero-order chi connectivity index (χ0) is 20.4. The molecule has 1 fully saturated rings. The molecule has 8 heteroatoms. The number of furan rings is 1. The Labute approximate surface area is 169 Å². The van der Waals surface area contributed by atoms with Crippen molar-refractivity contribution in [2.24, 2.45) is 0 Å². The standard InChI is InChI=1S/C21H24N6O2/c1-15-13-16(2)27(24-15)20-14-19(22-17(3)23-20)25-8-10-26(11-9-25)21(28)7-6-18-5-4-12-29-18/h4-7,12-14H,8-11H2,1-3H3/b7-6+. The molecule has 0 spiro atoms. The maximum Gasteiger partial charge on any atom is 0.246 e. The lowest BCUT2D eigenvalue weighted by Crippen LogP contribution is -2.48. The molecular weight excluding hydrogens is 368 g/mol. The van der Waals surface area contributed by atoms with Crippen molar-refractivity contribution >= 4 is 17.8 Å². The minimum Gasteiger partial charge on any atom is -0.465 e. The van der Waals surface area contributed by atoms with Crippen LogP contribution in [-0.2, 0) is 4.79 Å². The van der Waals surface area contributed by atoms with E-state index in [1.165, 1.54) is 0 Å². The van der Waals surface area contributed by atoms with Crippen molar-refractivity contribution in [3.05, 3.63) is 59.6 Å². The molecule has 1 aliphatic rings. The number of hydrogen-bond acceptors (Lipinski definition) is 6. The molecule has 150 valence electrons. The van der Waals surface area contributed by atoms with E-state index in [-0.39, 0.29) is 5.91 Å². The smallest absolute Gasteiger partial charge is 0.246 e. The summed E-state index contributed by atoms with van der Waals surface area (Å²) in [6.45, 7) is 8.57. The summed E-state index contributed by atoms with van der Waals surface area (Å²) in [6.07, 6.45) is 4.85. The average Bonchev–Trinajstić information content (AvgIpc) is 3.35. The van der Waals surface area contributed by atoms with Crippen LogP contribution in [0.1, 0.15) is 23.0 Å². The second-order valence-electron chi connectivity index (χ2n) is 7.13. The largest absolute Gasteiger partial charge is 0.465 e. The molecule has 0 aliphatic carbocycles. The summed E-state index contributed by atoms with van der Waals surface area (Å²) in [7, 11) is 0. The van der Waals surface area contributed by atoms with Crippen LogP contribution in [0.5, 0.6) is 0 Å². The Balaban J connectivity index is 1.44. The molecule has 0 atom stereocenters. The fourth-order valence-corrected chi connectivity index (χ4v) is 3.47. The van der Waals surface area contributed by atoms with Crippen molar-refractivity contribution in [3.8, 4) is 5.82 Å². The Morgan fingerprint density at radius 1 is 1.07 bits per heavy atom. The summed E-state index contributed by atoms with van der Waals surface area (Å²) >= 11 is 0. The first-order valence-electron chi connectivity index (χ1n) is 9.64. The molecule has 0 unspecified atom stereocenters. The molecule has 0 aromatic carbocycles. The number of rotatable bonds is 4. The number of piperazine rings is 1. The Morgan fingerprint density at radius 3 is 2.48 bits per heavy atom. The van der Waals surface area contributed by atoms with Crippen LogP contribution in [-0.4, -0.2) is 56.7 Å². The second-order valence-corrected chi connectivity index (χ2v) is 7.13. The summed E-state index contributed by atoms with van der Waals surface area (Å²) in [5, 5.41) is 4.52. The van der Waals surface area contributed by atoms with Crippen LogP contribution in [0.3, 0.4) is 0 Å². The molecule has 1 saturated heterocycles. The number of hydrogen-bond donors (Lipinski definition) is 0. The zero-order valence-electron chi connectivity index (χ0n) is 16.9. The lowest BCUT2D eigenvalue weighted by atomic mass is 10.3. The highest BCUT2D eigenvalue weighted by molar-refractivity contribution is 5.91.